The molecule has 1 aromatic heterocycles. The molecule has 3 nitrogen and oxygen atoms in total. The van der Waals surface area contributed by atoms with E-state index in [0.29, 0.717) is 12.1 Å². The number of amides is 1. The largest absolute Gasteiger partial charge is 0.352 e. The quantitative estimate of drug-likeness (QED) is 0.744. The Morgan fingerprint density at radius 2 is 2.15 bits per heavy atom. The van der Waals surface area contributed by atoms with Gasteiger partial charge in [0.1, 0.15) is 0 Å². The Labute approximate surface area is 78.2 Å². The first-order valence-corrected chi connectivity index (χ1v) is 4.37. The summed E-state index contributed by atoms with van der Waals surface area (Å²) in [7, 11) is 0. The summed E-state index contributed by atoms with van der Waals surface area (Å²) in [6.07, 6.45) is 0. The third kappa shape index (κ3) is 2.28. The number of aromatic nitrogens is 1. The summed E-state index contributed by atoms with van der Waals surface area (Å²) in [6, 6.07) is 3.65. The molecule has 1 heterocycles. The average Bonchev–Trinajstić information content (AvgIpc) is 2.04. The number of hydrogen-bond donors (Lipinski definition) is 1. The molecule has 1 rings (SSSR count). The zero-order chi connectivity index (χ0) is 9.84. The zero-order valence-corrected chi connectivity index (χ0v) is 8.22. The van der Waals surface area contributed by atoms with Crippen molar-refractivity contribution in [2.45, 2.75) is 20.8 Å². The van der Waals surface area contributed by atoms with Crippen molar-refractivity contribution in [3.05, 3.63) is 29.1 Å². The van der Waals surface area contributed by atoms with Crippen LogP contribution in [0.25, 0.3) is 0 Å². The fourth-order valence-electron chi connectivity index (χ4n) is 1.18. The van der Waals surface area contributed by atoms with Gasteiger partial charge in [0.25, 0.3) is 5.91 Å². The number of aryl methyl sites for hydroxylation is 2. The molecule has 0 spiro atoms. The smallest absolute Gasteiger partial charge is 0.253 e. The Morgan fingerprint density at radius 1 is 1.46 bits per heavy atom. The minimum Gasteiger partial charge on any atom is -0.352 e. The molecule has 0 radical (unpaired) electrons. The topological polar surface area (TPSA) is 42.0 Å². The van der Waals surface area contributed by atoms with Gasteiger partial charge in [-0.1, -0.05) is 0 Å². The van der Waals surface area contributed by atoms with E-state index in [2.05, 4.69) is 10.3 Å². The van der Waals surface area contributed by atoms with E-state index in [1.807, 2.05) is 32.9 Å². The Balaban J connectivity index is 2.95. The summed E-state index contributed by atoms with van der Waals surface area (Å²) in [5.41, 5.74) is 2.38. The maximum absolute atomic E-state index is 11.4. The van der Waals surface area contributed by atoms with Gasteiger partial charge >= 0.3 is 0 Å². The van der Waals surface area contributed by atoms with Gasteiger partial charge < -0.3 is 5.32 Å². The van der Waals surface area contributed by atoms with Crippen LogP contribution in [0, 0.1) is 13.8 Å². The van der Waals surface area contributed by atoms with Crippen LogP contribution in [0.3, 0.4) is 0 Å². The van der Waals surface area contributed by atoms with Crippen molar-refractivity contribution in [2.75, 3.05) is 6.54 Å². The minimum atomic E-state index is -0.0486. The van der Waals surface area contributed by atoms with Crippen molar-refractivity contribution in [3.8, 4) is 0 Å². The maximum Gasteiger partial charge on any atom is 0.253 e. The monoisotopic (exact) mass is 178 g/mol. The Kier molecular flexibility index (Phi) is 3.01. The summed E-state index contributed by atoms with van der Waals surface area (Å²) in [5.74, 6) is -0.0486. The lowest BCUT2D eigenvalue weighted by Gasteiger charge is -2.05. The summed E-state index contributed by atoms with van der Waals surface area (Å²) in [5, 5.41) is 2.74. The van der Waals surface area contributed by atoms with Crippen LogP contribution in [0.15, 0.2) is 12.1 Å². The van der Waals surface area contributed by atoms with Crippen LogP contribution in [0.2, 0.25) is 0 Å². The molecule has 0 atom stereocenters. The molecule has 0 saturated heterocycles. The molecule has 13 heavy (non-hydrogen) atoms. The highest BCUT2D eigenvalue weighted by molar-refractivity contribution is 5.95. The first-order chi connectivity index (χ1) is 6.15. The first-order valence-electron chi connectivity index (χ1n) is 4.37. The first kappa shape index (κ1) is 9.71. The van der Waals surface area contributed by atoms with Gasteiger partial charge in [0.2, 0.25) is 0 Å². The van der Waals surface area contributed by atoms with Crippen molar-refractivity contribution >= 4 is 5.91 Å². The summed E-state index contributed by atoms with van der Waals surface area (Å²) in [6.45, 7) is 6.30. The van der Waals surface area contributed by atoms with Crippen LogP contribution >= 0.6 is 0 Å². The third-order valence-corrected chi connectivity index (χ3v) is 1.81. The highest BCUT2D eigenvalue weighted by Gasteiger charge is 2.07. The van der Waals surface area contributed by atoms with Crippen LogP contribution in [-0.2, 0) is 0 Å². The molecule has 1 amide bonds. The zero-order valence-electron chi connectivity index (χ0n) is 8.22. The number of carbonyl (C=O) groups excluding carboxylic acids is 1. The van der Waals surface area contributed by atoms with Crippen LogP contribution in [0.4, 0.5) is 0 Å². The lowest BCUT2D eigenvalue weighted by molar-refractivity contribution is 0.0955. The molecule has 1 aromatic rings. The molecule has 0 aliphatic heterocycles. The SMILES string of the molecule is CCNC(=O)c1ccc(C)nc1C. The molecule has 0 aliphatic carbocycles. The Morgan fingerprint density at radius 3 is 2.69 bits per heavy atom. The molecular formula is C10H14N2O. The number of rotatable bonds is 2. The predicted molar refractivity (Wildman–Crippen MR) is 51.7 cm³/mol. The van der Waals surface area contributed by atoms with Crippen molar-refractivity contribution in [1.82, 2.24) is 10.3 Å². The van der Waals surface area contributed by atoms with Gasteiger partial charge in [-0.2, -0.15) is 0 Å². The third-order valence-electron chi connectivity index (χ3n) is 1.81. The molecule has 1 N–H and O–H groups in total. The minimum absolute atomic E-state index is 0.0486. The highest BCUT2D eigenvalue weighted by Crippen LogP contribution is 2.05. The van der Waals surface area contributed by atoms with Crippen LogP contribution < -0.4 is 5.32 Å². The van der Waals surface area contributed by atoms with Crippen molar-refractivity contribution in [1.29, 1.82) is 0 Å². The van der Waals surface area contributed by atoms with E-state index >= 15 is 0 Å². The summed E-state index contributed by atoms with van der Waals surface area (Å²) in [4.78, 5) is 15.6. The van der Waals surface area contributed by atoms with Gasteiger partial charge in [-0.25, -0.2) is 0 Å². The second-order valence-electron chi connectivity index (χ2n) is 2.95. The summed E-state index contributed by atoms with van der Waals surface area (Å²) >= 11 is 0. The van der Waals surface area contributed by atoms with Crippen molar-refractivity contribution in [2.24, 2.45) is 0 Å². The number of pyridine rings is 1. The van der Waals surface area contributed by atoms with Crippen LogP contribution in [0.1, 0.15) is 28.7 Å². The van der Waals surface area contributed by atoms with Gasteiger partial charge in [0.05, 0.1) is 11.3 Å². The second-order valence-corrected chi connectivity index (χ2v) is 2.95. The molecule has 3 heteroatoms. The van der Waals surface area contributed by atoms with Crippen LogP contribution in [-0.4, -0.2) is 17.4 Å². The van der Waals surface area contributed by atoms with E-state index in [4.69, 9.17) is 0 Å². The van der Waals surface area contributed by atoms with E-state index in [1.54, 1.807) is 0 Å². The lowest BCUT2D eigenvalue weighted by Crippen LogP contribution is -2.23. The van der Waals surface area contributed by atoms with E-state index < -0.39 is 0 Å². The summed E-state index contributed by atoms with van der Waals surface area (Å²) < 4.78 is 0. The normalized spacial score (nSPS) is 9.77. The molecule has 70 valence electrons. The molecule has 0 fully saturated rings. The van der Waals surface area contributed by atoms with Gasteiger partial charge in [-0.05, 0) is 32.9 Å². The fraction of sp³-hybridized carbons (Fsp3) is 0.400. The molecule has 0 bridgehead atoms. The van der Waals surface area contributed by atoms with Crippen molar-refractivity contribution in [3.63, 3.8) is 0 Å². The second kappa shape index (κ2) is 4.03. The maximum atomic E-state index is 11.4. The standard InChI is InChI=1S/C10H14N2O/c1-4-11-10(13)9-6-5-7(2)12-8(9)3/h5-6H,4H2,1-3H3,(H,11,13). The molecule has 0 aliphatic rings. The number of carbonyl (C=O) groups is 1. The predicted octanol–water partition coefficient (Wildman–Crippen LogP) is 1.45. The van der Waals surface area contributed by atoms with E-state index in [-0.39, 0.29) is 5.91 Å². The van der Waals surface area contributed by atoms with Crippen LogP contribution in [0.5, 0.6) is 0 Å². The Hall–Kier alpha value is -1.38. The number of nitrogens with zero attached hydrogens (tertiary/aromatic N) is 1. The van der Waals surface area contributed by atoms with Gasteiger partial charge in [0, 0.05) is 12.2 Å². The fourth-order valence-corrected chi connectivity index (χ4v) is 1.18. The van der Waals surface area contributed by atoms with E-state index in [1.165, 1.54) is 0 Å². The van der Waals surface area contributed by atoms with Gasteiger partial charge in [0.15, 0.2) is 0 Å². The van der Waals surface area contributed by atoms with Gasteiger partial charge in [-0.3, -0.25) is 9.78 Å². The Bertz CT molecular complexity index is 321. The highest BCUT2D eigenvalue weighted by atomic mass is 16.1. The number of hydrogen-bond acceptors (Lipinski definition) is 2. The molecule has 0 aromatic carbocycles. The average molecular weight is 178 g/mol. The van der Waals surface area contributed by atoms with Gasteiger partial charge in [-0.15, -0.1) is 0 Å². The molecule has 0 saturated carbocycles. The van der Waals surface area contributed by atoms with E-state index in [9.17, 15) is 4.79 Å². The van der Waals surface area contributed by atoms with Crippen molar-refractivity contribution < 1.29 is 4.79 Å². The molecule has 0 unspecified atom stereocenters. The molecular weight excluding hydrogens is 164 g/mol. The lowest BCUT2D eigenvalue weighted by atomic mass is 10.2. The van der Waals surface area contributed by atoms with E-state index in [0.717, 1.165) is 11.4 Å². The number of nitrogens with one attached hydrogen (secondary N) is 1.